The van der Waals surface area contributed by atoms with E-state index in [1.807, 2.05) is 36.3 Å². The first-order chi connectivity index (χ1) is 10.9. The van der Waals surface area contributed by atoms with E-state index in [4.69, 9.17) is 0 Å². The fourth-order valence-corrected chi connectivity index (χ4v) is 2.93. The smallest absolute Gasteiger partial charge is 0.217 e. The van der Waals surface area contributed by atoms with E-state index in [0.29, 0.717) is 0 Å². The van der Waals surface area contributed by atoms with E-state index < -0.39 is 0 Å². The van der Waals surface area contributed by atoms with Gasteiger partial charge in [0.15, 0.2) is 0 Å². The molecule has 0 aromatic heterocycles. The fourth-order valence-electron chi connectivity index (χ4n) is 2.93. The Labute approximate surface area is 138 Å². The predicted molar refractivity (Wildman–Crippen MR) is 93.5 cm³/mol. The number of azo groups is 1. The van der Waals surface area contributed by atoms with E-state index >= 15 is 0 Å². The highest BCUT2D eigenvalue weighted by molar-refractivity contribution is 5.52. The molecule has 0 radical (unpaired) electrons. The summed E-state index contributed by atoms with van der Waals surface area (Å²) in [5.74, 6) is 0. The highest BCUT2D eigenvalue weighted by atomic mass is 15.5. The van der Waals surface area contributed by atoms with E-state index in [1.165, 1.54) is 18.8 Å². The second-order valence-corrected chi connectivity index (χ2v) is 7.08. The summed E-state index contributed by atoms with van der Waals surface area (Å²) >= 11 is 0. The molecule has 0 bridgehead atoms. The van der Waals surface area contributed by atoms with Crippen molar-refractivity contribution in [3.63, 3.8) is 0 Å². The van der Waals surface area contributed by atoms with Crippen LogP contribution in [0.25, 0.3) is 0 Å². The van der Waals surface area contributed by atoms with Gasteiger partial charge in [-0.25, -0.2) is 0 Å². The van der Waals surface area contributed by atoms with Crippen molar-refractivity contribution < 1.29 is 4.48 Å². The summed E-state index contributed by atoms with van der Waals surface area (Å²) in [6.07, 6.45) is 3.96. The van der Waals surface area contributed by atoms with Gasteiger partial charge < -0.3 is 19.2 Å². The molecule has 0 N–H and O–H groups in total. The van der Waals surface area contributed by atoms with Gasteiger partial charge in [-0.1, -0.05) is 0 Å². The number of benzene rings is 1. The highest BCUT2D eigenvalue weighted by Gasteiger charge is 2.24. The van der Waals surface area contributed by atoms with Crippen molar-refractivity contribution in [2.24, 2.45) is 10.2 Å². The lowest BCUT2D eigenvalue weighted by Crippen LogP contribution is -2.54. The number of rotatable bonds is 3. The van der Waals surface area contributed by atoms with Gasteiger partial charge in [0, 0.05) is 32.2 Å². The molecule has 3 rings (SSSR count). The number of piperazine rings is 1. The van der Waals surface area contributed by atoms with Crippen molar-refractivity contribution >= 4 is 11.4 Å². The minimum atomic E-state index is -0.0447. The predicted octanol–water partition coefficient (Wildman–Crippen LogP) is 2.30. The van der Waals surface area contributed by atoms with Crippen molar-refractivity contribution in [2.75, 3.05) is 59.3 Å². The lowest BCUT2D eigenvalue weighted by atomic mass is 10.2. The molecule has 1 aromatic carbocycles. The maximum absolute atomic E-state index is 4.41. The number of anilines is 1. The van der Waals surface area contributed by atoms with Gasteiger partial charge in [0.05, 0.1) is 46.0 Å². The standard InChI is InChI=1S/C17H27N6/c1-20-9-10-21(2)17(20)19-18-15-5-7-16(8-6-15)22-11-13-23(3,4)14-12-22/h5-10,17H,11-14H2,1-4H3/q+1. The first-order valence-corrected chi connectivity index (χ1v) is 8.15. The molecule has 1 aromatic rings. The molecule has 1 saturated heterocycles. The molecule has 6 nitrogen and oxygen atoms in total. The molecule has 0 unspecified atom stereocenters. The SMILES string of the molecule is CN1C=CN(C)C1N=Nc1ccc(N2CC[N+](C)(C)CC2)cc1. The largest absolute Gasteiger partial charge is 0.360 e. The summed E-state index contributed by atoms with van der Waals surface area (Å²) in [6.45, 7) is 4.60. The number of likely N-dealkylation sites (N-methyl/N-ethyl adjacent to an activating group) is 1. The maximum Gasteiger partial charge on any atom is 0.217 e. The van der Waals surface area contributed by atoms with Gasteiger partial charge in [0.25, 0.3) is 0 Å². The van der Waals surface area contributed by atoms with Crippen LogP contribution in [0, 0.1) is 0 Å². The molecule has 0 aliphatic carbocycles. The van der Waals surface area contributed by atoms with Gasteiger partial charge in [-0.05, 0) is 24.3 Å². The van der Waals surface area contributed by atoms with E-state index in [2.05, 4.69) is 53.5 Å². The Hall–Kier alpha value is -2.08. The molecule has 0 atom stereocenters. The number of hydrogen-bond donors (Lipinski definition) is 0. The summed E-state index contributed by atoms with van der Waals surface area (Å²) in [7, 11) is 8.60. The zero-order valence-electron chi connectivity index (χ0n) is 14.6. The van der Waals surface area contributed by atoms with Crippen molar-refractivity contribution in [2.45, 2.75) is 6.29 Å². The summed E-state index contributed by atoms with van der Waals surface area (Å²) in [6, 6.07) is 8.41. The Kier molecular flexibility index (Phi) is 4.26. The second-order valence-electron chi connectivity index (χ2n) is 7.08. The van der Waals surface area contributed by atoms with Crippen molar-refractivity contribution in [3.8, 4) is 0 Å². The monoisotopic (exact) mass is 315 g/mol. The molecule has 0 amide bonds. The van der Waals surface area contributed by atoms with Crippen LogP contribution < -0.4 is 4.90 Å². The van der Waals surface area contributed by atoms with Crippen molar-refractivity contribution in [1.29, 1.82) is 0 Å². The van der Waals surface area contributed by atoms with Crippen LogP contribution in [0.5, 0.6) is 0 Å². The van der Waals surface area contributed by atoms with Crippen molar-refractivity contribution in [3.05, 3.63) is 36.7 Å². The molecule has 6 heteroatoms. The minimum Gasteiger partial charge on any atom is -0.360 e. The molecule has 2 aliphatic heterocycles. The normalized spacial score (nSPS) is 21.7. The Morgan fingerprint density at radius 3 is 2.09 bits per heavy atom. The van der Waals surface area contributed by atoms with Crippen LogP contribution in [0.3, 0.4) is 0 Å². The van der Waals surface area contributed by atoms with Gasteiger partial charge in [-0.2, -0.15) is 5.11 Å². The van der Waals surface area contributed by atoms with Crippen LogP contribution in [0.4, 0.5) is 11.4 Å². The number of hydrogen-bond acceptors (Lipinski definition) is 5. The summed E-state index contributed by atoms with van der Waals surface area (Å²) in [5, 5.41) is 8.79. The summed E-state index contributed by atoms with van der Waals surface area (Å²) in [5.41, 5.74) is 2.18. The van der Waals surface area contributed by atoms with E-state index in [9.17, 15) is 0 Å². The first-order valence-electron chi connectivity index (χ1n) is 8.15. The maximum atomic E-state index is 4.41. The quantitative estimate of drug-likeness (QED) is 0.634. The summed E-state index contributed by atoms with van der Waals surface area (Å²) in [4.78, 5) is 6.52. The van der Waals surface area contributed by atoms with Gasteiger partial charge >= 0.3 is 0 Å². The van der Waals surface area contributed by atoms with E-state index in [-0.39, 0.29) is 6.29 Å². The average Bonchev–Trinajstić information content (AvgIpc) is 2.85. The van der Waals surface area contributed by atoms with Gasteiger partial charge in [0.2, 0.25) is 6.29 Å². The van der Waals surface area contributed by atoms with E-state index in [0.717, 1.165) is 23.3 Å². The number of quaternary nitrogens is 1. The minimum absolute atomic E-state index is 0.0447. The zero-order chi connectivity index (χ0) is 16.4. The molecule has 2 heterocycles. The third-order valence-electron chi connectivity index (χ3n) is 4.71. The third kappa shape index (κ3) is 3.64. The molecule has 0 spiro atoms. The Morgan fingerprint density at radius 1 is 0.957 bits per heavy atom. The topological polar surface area (TPSA) is 34.4 Å². The number of nitrogens with zero attached hydrogens (tertiary/aromatic N) is 6. The zero-order valence-corrected chi connectivity index (χ0v) is 14.6. The molecular weight excluding hydrogens is 288 g/mol. The van der Waals surface area contributed by atoms with Gasteiger partial charge in [0.1, 0.15) is 0 Å². The highest BCUT2D eigenvalue weighted by Crippen LogP contribution is 2.23. The molecule has 23 heavy (non-hydrogen) atoms. The first kappa shape index (κ1) is 15.8. The van der Waals surface area contributed by atoms with Crippen LogP contribution in [0.15, 0.2) is 46.9 Å². The second kappa shape index (κ2) is 6.20. The lowest BCUT2D eigenvalue weighted by Gasteiger charge is -2.40. The summed E-state index contributed by atoms with van der Waals surface area (Å²) < 4.78 is 1.11. The Morgan fingerprint density at radius 2 is 1.52 bits per heavy atom. The molecule has 0 saturated carbocycles. The Balaban J connectivity index is 1.61. The average molecular weight is 315 g/mol. The van der Waals surface area contributed by atoms with Crippen molar-refractivity contribution in [1.82, 2.24) is 9.80 Å². The third-order valence-corrected chi connectivity index (χ3v) is 4.71. The van der Waals surface area contributed by atoms with Crippen LogP contribution in [-0.2, 0) is 0 Å². The van der Waals surface area contributed by atoms with Gasteiger partial charge in [-0.3, -0.25) is 0 Å². The molecule has 124 valence electrons. The van der Waals surface area contributed by atoms with Crippen LogP contribution in [0.2, 0.25) is 0 Å². The van der Waals surface area contributed by atoms with Crippen LogP contribution >= 0.6 is 0 Å². The fraction of sp³-hybridized carbons (Fsp3) is 0.529. The van der Waals surface area contributed by atoms with Crippen LogP contribution in [-0.4, -0.2) is 74.9 Å². The lowest BCUT2D eigenvalue weighted by molar-refractivity contribution is -0.890. The Bertz CT molecular complexity index is 570. The van der Waals surface area contributed by atoms with Gasteiger partial charge in [-0.15, -0.1) is 5.11 Å². The molecule has 1 fully saturated rings. The van der Waals surface area contributed by atoms with E-state index in [1.54, 1.807) is 0 Å². The molecule has 2 aliphatic rings. The van der Waals surface area contributed by atoms with Crippen LogP contribution in [0.1, 0.15) is 0 Å². The molecular formula is C17H27N6+.